The predicted octanol–water partition coefficient (Wildman–Crippen LogP) is 2.85. The van der Waals surface area contributed by atoms with Crippen LogP contribution in [0.4, 0.5) is 0 Å². The first-order valence-electron chi connectivity index (χ1n) is 9.97. The summed E-state index contributed by atoms with van der Waals surface area (Å²) in [6.45, 7) is 3.06. The molecule has 1 saturated heterocycles. The molecule has 7 heteroatoms. The van der Waals surface area contributed by atoms with Gasteiger partial charge in [0.05, 0.1) is 5.69 Å². The fourth-order valence-corrected chi connectivity index (χ4v) is 4.67. The highest BCUT2D eigenvalue weighted by Gasteiger charge is 2.44. The van der Waals surface area contributed by atoms with Crippen molar-refractivity contribution < 1.29 is 9.32 Å². The minimum absolute atomic E-state index is 0.0158. The van der Waals surface area contributed by atoms with Gasteiger partial charge in [0.15, 0.2) is 0 Å². The van der Waals surface area contributed by atoms with Crippen molar-refractivity contribution in [1.29, 1.82) is 0 Å². The van der Waals surface area contributed by atoms with Gasteiger partial charge in [-0.05, 0) is 32.6 Å². The second-order valence-electron chi connectivity index (χ2n) is 7.99. The number of nitrogens with zero attached hydrogens (tertiary/aromatic N) is 3. The van der Waals surface area contributed by atoms with Gasteiger partial charge >= 0.3 is 0 Å². The lowest BCUT2D eigenvalue weighted by molar-refractivity contribution is 0.0622. The summed E-state index contributed by atoms with van der Waals surface area (Å²) in [5.41, 5.74) is 3.23. The predicted molar refractivity (Wildman–Crippen MR) is 107 cm³/mol. The third-order valence-corrected chi connectivity index (χ3v) is 6.29. The number of nitrogens with one attached hydrogen (secondary N) is 1. The number of fused-ring (bicyclic) bond motifs is 2. The molecule has 0 bridgehead atoms. The minimum Gasteiger partial charge on any atom is -0.350 e. The molecule has 0 unspecified atom stereocenters. The first kappa shape index (κ1) is 17.8. The van der Waals surface area contributed by atoms with Gasteiger partial charge in [-0.1, -0.05) is 35.5 Å². The molecule has 1 N–H and O–H groups in total. The monoisotopic (exact) mass is 390 g/mol. The number of H-pyrrole nitrogens is 1. The minimum atomic E-state index is -0.136. The Labute approximate surface area is 167 Å². The highest BCUT2D eigenvalue weighted by molar-refractivity contribution is 5.92. The molecule has 29 heavy (non-hydrogen) atoms. The number of carbonyl (C=O) groups excluding carboxylic acids is 1. The molecule has 0 radical (unpaired) electrons. The van der Waals surface area contributed by atoms with Crippen LogP contribution in [0.5, 0.6) is 0 Å². The first-order valence-corrected chi connectivity index (χ1v) is 9.97. The summed E-state index contributed by atoms with van der Waals surface area (Å²) in [5, 5.41) is 4.05. The van der Waals surface area contributed by atoms with Crippen molar-refractivity contribution in [3.8, 4) is 11.3 Å². The van der Waals surface area contributed by atoms with Crippen molar-refractivity contribution in [2.75, 3.05) is 13.1 Å². The van der Waals surface area contributed by atoms with Gasteiger partial charge in [-0.3, -0.25) is 9.59 Å². The second kappa shape index (κ2) is 6.69. The number of benzene rings is 1. The van der Waals surface area contributed by atoms with Gasteiger partial charge < -0.3 is 14.4 Å². The number of rotatable bonds is 2. The molecule has 3 heterocycles. The summed E-state index contributed by atoms with van der Waals surface area (Å²) in [6.07, 6.45) is 3.29. The highest BCUT2D eigenvalue weighted by Crippen LogP contribution is 2.44. The lowest BCUT2D eigenvalue weighted by atomic mass is 9.76. The third kappa shape index (κ3) is 2.97. The zero-order valence-corrected chi connectivity index (χ0v) is 16.3. The fourth-order valence-electron chi connectivity index (χ4n) is 4.67. The van der Waals surface area contributed by atoms with Crippen molar-refractivity contribution >= 4 is 5.91 Å². The number of hydrogen-bond donors (Lipinski definition) is 1. The van der Waals surface area contributed by atoms with E-state index in [-0.39, 0.29) is 22.6 Å². The van der Waals surface area contributed by atoms with Gasteiger partial charge in [0, 0.05) is 35.7 Å². The van der Waals surface area contributed by atoms with Crippen molar-refractivity contribution in [3.05, 3.63) is 69.6 Å². The Balaban J connectivity index is 1.33. The number of likely N-dealkylation sites (tertiary alicyclic amines) is 1. The van der Waals surface area contributed by atoms with Crippen molar-refractivity contribution in [1.82, 2.24) is 20.0 Å². The van der Waals surface area contributed by atoms with E-state index < -0.39 is 0 Å². The van der Waals surface area contributed by atoms with Gasteiger partial charge in [0.1, 0.15) is 11.5 Å². The Hall–Kier alpha value is -3.22. The number of aromatic amines is 1. The summed E-state index contributed by atoms with van der Waals surface area (Å²) < 4.78 is 5.34. The Kier molecular flexibility index (Phi) is 4.12. The van der Waals surface area contributed by atoms with Crippen molar-refractivity contribution in [3.63, 3.8) is 0 Å². The molecule has 0 atom stereocenters. The van der Waals surface area contributed by atoms with E-state index in [0.29, 0.717) is 24.6 Å². The van der Waals surface area contributed by atoms with Crippen molar-refractivity contribution in [2.45, 2.75) is 38.0 Å². The van der Waals surface area contributed by atoms with Crippen LogP contribution in [-0.2, 0) is 11.8 Å². The molecule has 1 aliphatic heterocycles. The Morgan fingerprint density at radius 3 is 2.69 bits per heavy atom. The van der Waals surface area contributed by atoms with Gasteiger partial charge in [-0.2, -0.15) is 0 Å². The maximum Gasteiger partial charge on any atom is 0.292 e. The van der Waals surface area contributed by atoms with E-state index in [1.165, 1.54) is 0 Å². The lowest BCUT2D eigenvalue weighted by Crippen LogP contribution is -2.44. The molecule has 2 aromatic heterocycles. The van der Waals surface area contributed by atoms with Crippen LogP contribution in [-0.4, -0.2) is 39.0 Å². The number of amides is 1. The van der Waals surface area contributed by atoms with Crippen LogP contribution in [0.2, 0.25) is 0 Å². The van der Waals surface area contributed by atoms with E-state index in [9.17, 15) is 9.59 Å². The number of piperidine rings is 1. The second-order valence-corrected chi connectivity index (χ2v) is 7.99. The van der Waals surface area contributed by atoms with Crippen LogP contribution in [0.15, 0.2) is 45.7 Å². The SMILES string of the molecule is Cc1nc2c(c(=O)[nH]1)CCC21CCN(C(=O)c2cc(-c3ccccc3)no2)CC1. The molecular formula is C22H22N4O3. The molecule has 0 saturated carbocycles. The van der Waals surface area contributed by atoms with E-state index >= 15 is 0 Å². The third-order valence-electron chi connectivity index (χ3n) is 6.29. The molecule has 5 rings (SSSR count). The number of carbonyl (C=O) groups is 1. The highest BCUT2D eigenvalue weighted by atomic mass is 16.5. The van der Waals surface area contributed by atoms with Gasteiger partial charge in [-0.15, -0.1) is 0 Å². The maximum absolute atomic E-state index is 12.9. The maximum atomic E-state index is 12.9. The molecule has 1 spiro atoms. The van der Waals surface area contributed by atoms with Crippen LogP contribution in [0.3, 0.4) is 0 Å². The summed E-state index contributed by atoms with van der Waals surface area (Å²) in [7, 11) is 0. The Morgan fingerprint density at radius 1 is 1.17 bits per heavy atom. The number of aryl methyl sites for hydroxylation is 1. The average Bonchev–Trinajstić information content (AvgIpc) is 3.35. The van der Waals surface area contributed by atoms with Crippen LogP contribution in [0.1, 0.15) is 46.9 Å². The molecule has 7 nitrogen and oxygen atoms in total. The summed E-state index contributed by atoms with van der Waals surface area (Å²) in [6, 6.07) is 11.4. The van der Waals surface area contributed by atoms with Gasteiger partial charge in [0.25, 0.3) is 11.5 Å². The van der Waals surface area contributed by atoms with E-state index in [2.05, 4.69) is 15.1 Å². The normalized spacial score (nSPS) is 17.5. The zero-order valence-electron chi connectivity index (χ0n) is 16.3. The number of hydrogen-bond acceptors (Lipinski definition) is 5. The topological polar surface area (TPSA) is 92.1 Å². The number of aromatic nitrogens is 3. The van der Waals surface area contributed by atoms with E-state index in [1.54, 1.807) is 6.07 Å². The van der Waals surface area contributed by atoms with E-state index in [4.69, 9.17) is 4.52 Å². The quantitative estimate of drug-likeness (QED) is 0.726. The van der Waals surface area contributed by atoms with Gasteiger partial charge in [0.2, 0.25) is 5.76 Å². The molecule has 1 aromatic carbocycles. The largest absolute Gasteiger partial charge is 0.350 e. The summed E-state index contributed by atoms with van der Waals surface area (Å²) in [4.78, 5) is 34.5. The Morgan fingerprint density at radius 2 is 1.93 bits per heavy atom. The van der Waals surface area contributed by atoms with Crippen LogP contribution in [0.25, 0.3) is 11.3 Å². The van der Waals surface area contributed by atoms with Crippen LogP contribution < -0.4 is 5.56 Å². The molecule has 3 aromatic rings. The molecule has 148 valence electrons. The zero-order chi connectivity index (χ0) is 20.0. The first-order chi connectivity index (χ1) is 14.1. The smallest absolute Gasteiger partial charge is 0.292 e. The van der Waals surface area contributed by atoms with Crippen molar-refractivity contribution in [2.24, 2.45) is 0 Å². The summed E-state index contributed by atoms with van der Waals surface area (Å²) >= 11 is 0. The standard InChI is InChI=1S/C22H22N4O3/c1-14-23-19-16(20(27)24-14)7-8-22(19)9-11-26(12-10-22)21(28)18-13-17(25-29-18)15-5-3-2-4-6-15/h2-6,13H,7-12H2,1H3,(H,23,24,27). The molecule has 1 amide bonds. The average molecular weight is 390 g/mol. The van der Waals surface area contributed by atoms with Crippen LogP contribution >= 0.6 is 0 Å². The molecule has 1 fully saturated rings. The summed E-state index contributed by atoms with van der Waals surface area (Å²) in [5.74, 6) is 0.781. The van der Waals surface area contributed by atoms with E-state index in [1.807, 2.05) is 42.2 Å². The molecule has 1 aliphatic carbocycles. The van der Waals surface area contributed by atoms with Gasteiger partial charge in [-0.25, -0.2) is 4.98 Å². The van der Waals surface area contributed by atoms with E-state index in [0.717, 1.165) is 42.5 Å². The Bertz CT molecular complexity index is 1120. The fraction of sp³-hybridized carbons (Fsp3) is 0.364. The molecular weight excluding hydrogens is 368 g/mol. The molecule has 2 aliphatic rings. The lowest BCUT2D eigenvalue weighted by Gasteiger charge is -2.39. The van der Waals surface area contributed by atoms with Crippen LogP contribution in [0, 0.1) is 6.92 Å².